The number of hydrogen-bond donors (Lipinski definition) is 2. The minimum atomic E-state index is 0.106. The molecule has 3 atom stereocenters. The molecule has 14 heavy (non-hydrogen) atoms. The lowest BCUT2D eigenvalue weighted by Crippen LogP contribution is -2.12. The molecule has 1 heterocycles. The van der Waals surface area contributed by atoms with E-state index in [1.54, 1.807) is 0 Å². The molecule has 3 unspecified atom stereocenters. The van der Waals surface area contributed by atoms with Crippen LogP contribution in [0.25, 0.3) is 0 Å². The van der Waals surface area contributed by atoms with E-state index < -0.39 is 0 Å². The van der Waals surface area contributed by atoms with Crippen LogP contribution in [-0.4, -0.2) is 23.3 Å². The highest BCUT2D eigenvalue weighted by atomic mass is 16.4. The number of anilines is 1. The van der Waals surface area contributed by atoms with Crippen molar-refractivity contribution in [2.45, 2.75) is 32.4 Å². The van der Waals surface area contributed by atoms with Crippen LogP contribution in [-0.2, 0) is 0 Å². The van der Waals surface area contributed by atoms with E-state index >= 15 is 0 Å². The summed E-state index contributed by atoms with van der Waals surface area (Å²) in [6.07, 6.45) is 1.19. The first-order chi connectivity index (χ1) is 6.70. The Morgan fingerprint density at radius 1 is 1.50 bits per heavy atom. The zero-order valence-electron chi connectivity index (χ0n) is 8.74. The molecule has 1 aliphatic carbocycles. The SMILES string of the molecule is CNC(C)c1nnc(NC2CC2C)o1. The fourth-order valence-corrected chi connectivity index (χ4v) is 1.27. The van der Waals surface area contributed by atoms with E-state index in [2.05, 4.69) is 27.8 Å². The van der Waals surface area contributed by atoms with Gasteiger partial charge in [-0.1, -0.05) is 12.0 Å². The van der Waals surface area contributed by atoms with Gasteiger partial charge in [-0.2, -0.15) is 0 Å². The molecule has 78 valence electrons. The fourth-order valence-electron chi connectivity index (χ4n) is 1.27. The molecule has 1 aromatic heterocycles. The highest BCUT2D eigenvalue weighted by Crippen LogP contribution is 2.32. The van der Waals surface area contributed by atoms with Gasteiger partial charge in [-0.15, -0.1) is 5.10 Å². The second-order valence-corrected chi connectivity index (χ2v) is 3.92. The lowest BCUT2D eigenvalue weighted by molar-refractivity contribution is 0.440. The van der Waals surface area contributed by atoms with Gasteiger partial charge in [-0.3, -0.25) is 0 Å². The first-order valence-electron chi connectivity index (χ1n) is 4.98. The van der Waals surface area contributed by atoms with Crippen LogP contribution in [0.2, 0.25) is 0 Å². The van der Waals surface area contributed by atoms with Crippen LogP contribution < -0.4 is 10.6 Å². The van der Waals surface area contributed by atoms with Crippen LogP contribution in [0.1, 0.15) is 32.2 Å². The summed E-state index contributed by atoms with van der Waals surface area (Å²) < 4.78 is 5.44. The van der Waals surface area contributed by atoms with E-state index in [1.807, 2.05) is 14.0 Å². The Hall–Kier alpha value is -1.10. The van der Waals surface area contributed by atoms with Crippen molar-refractivity contribution in [1.29, 1.82) is 0 Å². The summed E-state index contributed by atoms with van der Waals surface area (Å²) in [7, 11) is 1.87. The molecule has 0 amide bonds. The summed E-state index contributed by atoms with van der Waals surface area (Å²) >= 11 is 0. The van der Waals surface area contributed by atoms with Crippen LogP contribution in [0, 0.1) is 5.92 Å². The molecule has 2 rings (SSSR count). The summed E-state index contributed by atoms with van der Waals surface area (Å²) in [5, 5.41) is 14.1. The minimum absolute atomic E-state index is 0.106. The van der Waals surface area contributed by atoms with Crippen molar-refractivity contribution in [2.75, 3.05) is 12.4 Å². The Labute approximate surface area is 83.3 Å². The van der Waals surface area contributed by atoms with Crippen molar-refractivity contribution in [2.24, 2.45) is 5.92 Å². The van der Waals surface area contributed by atoms with E-state index in [0.717, 1.165) is 5.92 Å². The number of nitrogens with one attached hydrogen (secondary N) is 2. The molecule has 0 spiro atoms. The molecule has 1 saturated carbocycles. The van der Waals surface area contributed by atoms with Crippen molar-refractivity contribution in [1.82, 2.24) is 15.5 Å². The quantitative estimate of drug-likeness (QED) is 0.757. The van der Waals surface area contributed by atoms with Crippen molar-refractivity contribution in [3.05, 3.63) is 5.89 Å². The van der Waals surface area contributed by atoms with E-state index in [0.29, 0.717) is 17.9 Å². The fraction of sp³-hybridized carbons (Fsp3) is 0.778. The van der Waals surface area contributed by atoms with E-state index in [1.165, 1.54) is 6.42 Å². The van der Waals surface area contributed by atoms with E-state index in [9.17, 15) is 0 Å². The third-order valence-electron chi connectivity index (χ3n) is 2.66. The summed E-state index contributed by atoms with van der Waals surface area (Å²) in [5.41, 5.74) is 0. The highest BCUT2D eigenvalue weighted by Gasteiger charge is 2.33. The molecule has 0 radical (unpaired) electrons. The van der Waals surface area contributed by atoms with Crippen LogP contribution in [0.5, 0.6) is 0 Å². The molecule has 0 aromatic carbocycles. The second-order valence-electron chi connectivity index (χ2n) is 3.92. The highest BCUT2D eigenvalue weighted by molar-refractivity contribution is 5.24. The standard InChI is InChI=1S/C9H16N4O/c1-5-4-7(5)11-9-13-12-8(14-9)6(2)10-3/h5-7,10H,4H2,1-3H3,(H,11,13). The molecule has 0 saturated heterocycles. The number of aromatic nitrogens is 2. The molecule has 0 aliphatic heterocycles. The maximum absolute atomic E-state index is 5.44. The summed E-state index contributed by atoms with van der Waals surface area (Å²) in [6, 6.07) is 1.17. The minimum Gasteiger partial charge on any atom is -0.406 e. The van der Waals surface area contributed by atoms with Gasteiger partial charge in [0, 0.05) is 6.04 Å². The summed E-state index contributed by atoms with van der Waals surface area (Å²) in [5.74, 6) is 1.36. The average Bonchev–Trinajstić information content (AvgIpc) is 2.68. The topological polar surface area (TPSA) is 63.0 Å². The van der Waals surface area contributed by atoms with Gasteiger partial charge in [0.1, 0.15) is 0 Å². The van der Waals surface area contributed by atoms with Crippen molar-refractivity contribution < 1.29 is 4.42 Å². The lowest BCUT2D eigenvalue weighted by Gasteiger charge is -2.02. The second kappa shape index (κ2) is 3.57. The molecule has 0 bridgehead atoms. The largest absolute Gasteiger partial charge is 0.406 e. The van der Waals surface area contributed by atoms with Crippen molar-refractivity contribution in [3.8, 4) is 0 Å². The van der Waals surface area contributed by atoms with Crippen LogP contribution in [0.4, 0.5) is 6.01 Å². The maximum Gasteiger partial charge on any atom is 0.315 e. The summed E-state index contributed by atoms with van der Waals surface area (Å²) in [6.45, 7) is 4.18. The van der Waals surface area contributed by atoms with Gasteiger partial charge in [-0.05, 0) is 26.3 Å². The predicted molar refractivity (Wildman–Crippen MR) is 53.0 cm³/mol. The maximum atomic E-state index is 5.44. The third-order valence-corrected chi connectivity index (χ3v) is 2.66. The van der Waals surface area contributed by atoms with Crippen LogP contribution in [0.15, 0.2) is 4.42 Å². The Balaban J connectivity index is 1.95. The zero-order chi connectivity index (χ0) is 10.1. The summed E-state index contributed by atoms with van der Waals surface area (Å²) in [4.78, 5) is 0. The van der Waals surface area contributed by atoms with Gasteiger partial charge in [0.05, 0.1) is 6.04 Å². The number of hydrogen-bond acceptors (Lipinski definition) is 5. The van der Waals surface area contributed by atoms with E-state index in [-0.39, 0.29) is 6.04 Å². The van der Waals surface area contributed by atoms with Gasteiger partial charge in [0.15, 0.2) is 0 Å². The van der Waals surface area contributed by atoms with Gasteiger partial charge >= 0.3 is 6.01 Å². The van der Waals surface area contributed by atoms with E-state index in [4.69, 9.17) is 4.42 Å². The van der Waals surface area contributed by atoms with Gasteiger partial charge in [0.2, 0.25) is 5.89 Å². The molecule has 1 aliphatic rings. The first kappa shape index (κ1) is 9.45. The lowest BCUT2D eigenvalue weighted by atomic mass is 10.3. The average molecular weight is 196 g/mol. The smallest absolute Gasteiger partial charge is 0.315 e. The molecule has 2 N–H and O–H groups in total. The Morgan fingerprint density at radius 2 is 2.21 bits per heavy atom. The molecular formula is C9H16N4O. The van der Waals surface area contributed by atoms with Gasteiger partial charge in [-0.25, -0.2) is 0 Å². The number of rotatable bonds is 4. The van der Waals surface area contributed by atoms with Crippen LogP contribution >= 0.6 is 0 Å². The Kier molecular flexibility index (Phi) is 2.41. The monoisotopic (exact) mass is 196 g/mol. The zero-order valence-corrected chi connectivity index (χ0v) is 8.74. The Morgan fingerprint density at radius 3 is 2.79 bits per heavy atom. The van der Waals surface area contributed by atoms with Gasteiger partial charge in [0.25, 0.3) is 0 Å². The molecule has 1 aromatic rings. The van der Waals surface area contributed by atoms with Gasteiger partial charge < -0.3 is 15.1 Å². The first-order valence-corrected chi connectivity index (χ1v) is 4.98. The molecular weight excluding hydrogens is 180 g/mol. The molecule has 5 nitrogen and oxygen atoms in total. The number of nitrogens with zero attached hydrogens (tertiary/aromatic N) is 2. The Bertz CT molecular complexity index is 312. The normalized spacial score (nSPS) is 27.4. The predicted octanol–water partition coefficient (Wildman–Crippen LogP) is 1.17. The third kappa shape index (κ3) is 1.87. The van der Waals surface area contributed by atoms with Crippen molar-refractivity contribution in [3.63, 3.8) is 0 Å². The van der Waals surface area contributed by atoms with Crippen molar-refractivity contribution >= 4 is 6.01 Å². The molecule has 5 heteroatoms. The molecule has 1 fully saturated rings. The van der Waals surface area contributed by atoms with Crippen LogP contribution in [0.3, 0.4) is 0 Å².